The van der Waals surface area contributed by atoms with Crippen LogP contribution in [-0.2, 0) is 4.79 Å². The molecule has 4 atom stereocenters. The molecule has 2 bridgehead atoms. The molecule has 7 heteroatoms. The largest absolute Gasteiger partial charge is 0.481 e. The highest BCUT2D eigenvalue weighted by molar-refractivity contribution is 5.91. The fourth-order valence-electron chi connectivity index (χ4n) is 5.59. The number of fused-ring (bicyclic) bond motifs is 5. The standard InChI is InChI=1S/C27H24N4O3/c1-14(2)15-7-9-16(10-8-15)23-26(32)29-24-19-5-3-4-6-20(19)28-25(31(24)30-23)21-17-11-12-18(13-17)22(21)27(33)34/h3-12,14,17-18,21-22H,13H2,1-2H3,(H,33,34)/t17-,18-,21-,22+/m0/s1. The minimum Gasteiger partial charge on any atom is -0.481 e. The highest BCUT2D eigenvalue weighted by atomic mass is 16.4. The van der Waals surface area contributed by atoms with Crippen molar-refractivity contribution < 1.29 is 9.90 Å². The molecule has 1 N–H and O–H groups in total. The monoisotopic (exact) mass is 452 g/mol. The molecule has 1 saturated carbocycles. The zero-order valence-electron chi connectivity index (χ0n) is 18.9. The second-order valence-electron chi connectivity index (χ2n) is 9.60. The van der Waals surface area contributed by atoms with Gasteiger partial charge in [0.05, 0.1) is 11.4 Å². The van der Waals surface area contributed by atoms with Gasteiger partial charge in [0.1, 0.15) is 5.82 Å². The van der Waals surface area contributed by atoms with Crippen molar-refractivity contribution in [2.75, 3.05) is 0 Å². The van der Waals surface area contributed by atoms with Crippen LogP contribution in [0.2, 0.25) is 0 Å². The summed E-state index contributed by atoms with van der Waals surface area (Å²) in [5.41, 5.74) is 2.75. The molecule has 170 valence electrons. The van der Waals surface area contributed by atoms with Gasteiger partial charge in [-0.2, -0.15) is 14.6 Å². The summed E-state index contributed by atoms with van der Waals surface area (Å²) in [6.07, 6.45) is 4.89. The maximum absolute atomic E-state index is 13.1. The molecule has 4 aromatic rings. The van der Waals surface area contributed by atoms with Crippen molar-refractivity contribution in [3.05, 3.63) is 82.4 Å². The normalized spacial score (nSPS) is 23.4. The van der Waals surface area contributed by atoms with Crippen LogP contribution >= 0.6 is 0 Å². The summed E-state index contributed by atoms with van der Waals surface area (Å²) in [6, 6.07) is 15.2. The summed E-state index contributed by atoms with van der Waals surface area (Å²) in [5.74, 6) is -0.786. The van der Waals surface area contributed by atoms with Gasteiger partial charge in [0.25, 0.3) is 5.56 Å². The molecule has 0 saturated heterocycles. The quantitative estimate of drug-likeness (QED) is 0.364. The average Bonchev–Trinajstić information content (AvgIpc) is 3.45. The van der Waals surface area contributed by atoms with Gasteiger partial charge in [-0.05, 0) is 41.9 Å². The number of aliphatic carboxylic acids is 1. The lowest BCUT2D eigenvalue weighted by Gasteiger charge is -2.25. The molecular weight excluding hydrogens is 428 g/mol. The van der Waals surface area contributed by atoms with E-state index in [0.717, 1.165) is 6.42 Å². The predicted octanol–water partition coefficient (Wildman–Crippen LogP) is 4.42. The number of rotatable bonds is 4. The molecule has 0 aliphatic heterocycles. The van der Waals surface area contributed by atoms with E-state index in [4.69, 9.17) is 10.1 Å². The third-order valence-electron chi connectivity index (χ3n) is 7.30. The number of hydrogen-bond donors (Lipinski definition) is 1. The smallest absolute Gasteiger partial charge is 0.307 e. The summed E-state index contributed by atoms with van der Waals surface area (Å²) in [5, 5.41) is 15.5. The fourth-order valence-corrected chi connectivity index (χ4v) is 5.59. The number of carboxylic acid groups (broad SMARTS) is 1. The van der Waals surface area contributed by atoms with Crippen molar-refractivity contribution in [2.24, 2.45) is 17.8 Å². The Bertz CT molecular complexity index is 1540. The summed E-state index contributed by atoms with van der Waals surface area (Å²) in [4.78, 5) is 34.7. The number of carboxylic acids is 1. The van der Waals surface area contributed by atoms with Gasteiger partial charge in [-0.15, -0.1) is 0 Å². The second-order valence-corrected chi connectivity index (χ2v) is 9.60. The van der Waals surface area contributed by atoms with Crippen molar-refractivity contribution >= 4 is 22.5 Å². The SMILES string of the molecule is CC(C)c1ccc(-c2nn3c([C@@H]4[C@H](C(=O)O)[C@H]5C=C[C@H]4C5)nc4ccccc4c3nc2=O)cc1. The molecule has 6 rings (SSSR count). The number of allylic oxidation sites excluding steroid dienone is 2. The maximum Gasteiger partial charge on any atom is 0.307 e. The molecule has 7 nitrogen and oxygen atoms in total. The molecule has 1 fully saturated rings. The third kappa shape index (κ3) is 3.07. The predicted molar refractivity (Wildman–Crippen MR) is 129 cm³/mol. The molecule has 2 aliphatic carbocycles. The minimum absolute atomic E-state index is 0.0220. The van der Waals surface area contributed by atoms with E-state index < -0.39 is 17.4 Å². The molecule has 0 radical (unpaired) electrons. The van der Waals surface area contributed by atoms with Crippen LogP contribution in [0.15, 0.2) is 65.5 Å². The van der Waals surface area contributed by atoms with Crippen LogP contribution in [0.4, 0.5) is 0 Å². The van der Waals surface area contributed by atoms with Crippen molar-refractivity contribution in [1.29, 1.82) is 0 Å². The lowest BCUT2D eigenvalue weighted by Crippen LogP contribution is -2.29. The number of para-hydroxylation sites is 1. The summed E-state index contributed by atoms with van der Waals surface area (Å²) >= 11 is 0. The first-order valence-electron chi connectivity index (χ1n) is 11.6. The van der Waals surface area contributed by atoms with Crippen molar-refractivity contribution in [2.45, 2.75) is 32.1 Å². The van der Waals surface area contributed by atoms with Gasteiger partial charge in [0, 0.05) is 16.9 Å². The molecule has 34 heavy (non-hydrogen) atoms. The average molecular weight is 453 g/mol. The van der Waals surface area contributed by atoms with Crippen molar-refractivity contribution in [1.82, 2.24) is 19.6 Å². The van der Waals surface area contributed by atoms with Crippen molar-refractivity contribution in [3.8, 4) is 11.3 Å². The van der Waals surface area contributed by atoms with Crippen LogP contribution in [0.5, 0.6) is 0 Å². The first-order chi connectivity index (χ1) is 16.4. The molecule has 2 aliphatic rings. The van der Waals surface area contributed by atoms with Gasteiger partial charge in [-0.1, -0.05) is 62.4 Å². The topological polar surface area (TPSA) is 97.5 Å². The number of hydrogen-bond acceptors (Lipinski definition) is 5. The van der Waals surface area contributed by atoms with Crippen LogP contribution in [-0.4, -0.2) is 30.7 Å². The fraction of sp³-hybridized carbons (Fsp3) is 0.296. The van der Waals surface area contributed by atoms with E-state index in [-0.39, 0.29) is 23.4 Å². The molecule has 2 aromatic carbocycles. The first-order valence-corrected chi connectivity index (χ1v) is 11.6. The molecule has 2 heterocycles. The summed E-state index contributed by atoms with van der Waals surface area (Å²) in [7, 11) is 0. The zero-order chi connectivity index (χ0) is 23.6. The van der Waals surface area contributed by atoms with Gasteiger partial charge in [-0.3, -0.25) is 9.59 Å². The summed E-state index contributed by atoms with van der Waals surface area (Å²) in [6.45, 7) is 4.23. The van der Waals surface area contributed by atoms with E-state index in [9.17, 15) is 14.7 Å². The Labute approximate surface area is 195 Å². The highest BCUT2D eigenvalue weighted by Gasteiger charge is 2.50. The van der Waals surface area contributed by atoms with Crippen LogP contribution in [0.3, 0.4) is 0 Å². The van der Waals surface area contributed by atoms with Crippen LogP contribution < -0.4 is 5.56 Å². The Morgan fingerprint density at radius 1 is 1.03 bits per heavy atom. The number of carbonyl (C=O) groups is 1. The molecule has 2 aromatic heterocycles. The van der Waals surface area contributed by atoms with Crippen LogP contribution in [0.25, 0.3) is 27.8 Å². The molecule has 0 spiro atoms. The van der Waals surface area contributed by atoms with Crippen molar-refractivity contribution in [3.63, 3.8) is 0 Å². The third-order valence-corrected chi connectivity index (χ3v) is 7.30. The van der Waals surface area contributed by atoms with E-state index in [0.29, 0.717) is 33.9 Å². The molecular formula is C27H24N4O3. The van der Waals surface area contributed by atoms with Gasteiger partial charge >= 0.3 is 5.97 Å². The second kappa shape index (κ2) is 7.58. The van der Waals surface area contributed by atoms with Gasteiger partial charge in [0.2, 0.25) is 0 Å². The number of benzene rings is 2. The van der Waals surface area contributed by atoms with Gasteiger partial charge in [-0.25, -0.2) is 4.98 Å². The first kappa shape index (κ1) is 20.7. The Hall–Kier alpha value is -3.87. The number of aromatic nitrogens is 4. The number of nitrogens with zero attached hydrogens (tertiary/aromatic N) is 4. The Morgan fingerprint density at radius 2 is 1.76 bits per heavy atom. The van der Waals surface area contributed by atoms with E-state index in [1.807, 2.05) is 54.6 Å². The zero-order valence-corrected chi connectivity index (χ0v) is 18.9. The lowest BCUT2D eigenvalue weighted by molar-refractivity contribution is -0.143. The van der Waals surface area contributed by atoms with Crippen LogP contribution in [0.1, 0.15) is 43.5 Å². The van der Waals surface area contributed by atoms with Gasteiger partial charge in [0.15, 0.2) is 11.3 Å². The minimum atomic E-state index is -0.830. The maximum atomic E-state index is 13.1. The van der Waals surface area contributed by atoms with E-state index in [1.54, 1.807) is 4.52 Å². The highest BCUT2D eigenvalue weighted by Crippen LogP contribution is 2.52. The van der Waals surface area contributed by atoms with E-state index in [1.165, 1.54) is 5.56 Å². The van der Waals surface area contributed by atoms with Crippen LogP contribution in [0, 0.1) is 17.8 Å². The molecule has 0 unspecified atom stereocenters. The Morgan fingerprint density at radius 3 is 2.50 bits per heavy atom. The molecule has 0 amide bonds. The van der Waals surface area contributed by atoms with E-state index in [2.05, 4.69) is 24.9 Å². The lowest BCUT2D eigenvalue weighted by atomic mass is 9.82. The summed E-state index contributed by atoms with van der Waals surface area (Å²) < 4.78 is 1.62. The van der Waals surface area contributed by atoms with Gasteiger partial charge < -0.3 is 5.11 Å². The Balaban J connectivity index is 1.62. The van der Waals surface area contributed by atoms with E-state index >= 15 is 0 Å². The Kier molecular flexibility index (Phi) is 4.62.